The lowest BCUT2D eigenvalue weighted by atomic mass is 9.54. The Labute approximate surface area is 213 Å². The summed E-state index contributed by atoms with van der Waals surface area (Å²) in [5.41, 5.74) is 3.97. The molecule has 1 fully saturated rings. The molecule has 4 aliphatic rings. The van der Waals surface area contributed by atoms with Crippen molar-refractivity contribution in [3.05, 3.63) is 104 Å². The summed E-state index contributed by atoms with van der Waals surface area (Å²) in [6.45, 7) is 0. The molecule has 164 valence electrons. The van der Waals surface area contributed by atoms with Gasteiger partial charge in [0, 0.05) is 16.6 Å². The monoisotopic (exact) mass is 630 g/mol. The van der Waals surface area contributed by atoms with Gasteiger partial charge in [-0.25, -0.2) is 4.90 Å². The highest BCUT2D eigenvalue weighted by atomic mass is 79.9. The van der Waals surface area contributed by atoms with Crippen LogP contribution in [0.15, 0.2) is 71.2 Å². The fraction of sp³-hybridized carbons (Fsp3) is 0.167. The Kier molecular flexibility index (Phi) is 4.39. The fourth-order valence-corrected chi connectivity index (χ4v) is 8.54. The van der Waals surface area contributed by atoms with Crippen LogP contribution in [-0.2, 0) is 18.2 Å². The molecule has 0 radical (unpaired) electrons. The van der Waals surface area contributed by atoms with Crippen molar-refractivity contribution < 1.29 is 14.5 Å². The Morgan fingerprint density at radius 1 is 0.788 bits per heavy atom. The van der Waals surface area contributed by atoms with Gasteiger partial charge in [-0.05, 0) is 44.3 Å². The van der Waals surface area contributed by atoms with Crippen molar-refractivity contribution >= 4 is 71.0 Å². The van der Waals surface area contributed by atoms with Crippen LogP contribution in [0.25, 0.3) is 0 Å². The number of carbonyl (C=O) groups excluding carboxylic acids is 2. The number of alkyl halides is 2. The van der Waals surface area contributed by atoms with Gasteiger partial charge >= 0.3 is 0 Å². The zero-order chi connectivity index (χ0) is 23.3. The van der Waals surface area contributed by atoms with Gasteiger partial charge in [0.15, 0.2) is 0 Å². The second-order valence-corrected chi connectivity index (χ2v) is 11.7. The molecule has 2 amide bonds. The second kappa shape index (κ2) is 6.84. The molecule has 9 heteroatoms. The summed E-state index contributed by atoms with van der Waals surface area (Å²) in [6, 6.07) is 19.8. The maximum Gasteiger partial charge on any atom is 0.270 e. The topological polar surface area (TPSA) is 80.5 Å². The van der Waals surface area contributed by atoms with Gasteiger partial charge in [0.25, 0.3) is 5.69 Å². The molecule has 3 aliphatic carbocycles. The molecule has 1 aliphatic heterocycles. The first kappa shape index (κ1) is 21.2. The molecule has 6 nitrogen and oxygen atoms in total. The summed E-state index contributed by atoms with van der Waals surface area (Å²) in [5, 5.41) is 11.2. The predicted octanol–water partition coefficient (Wildman–Crippen LogP) is 5.77. The minimum Gasteiger partial charge on any atom is -0.274 e. The highest BCUT2D eigenvalue weighted by Gasteiger charge is 2.72. The molecule has 0 N–H and O–H groups in total. The molecule has 7 rings (SSSR count). The Morgan fingerprint density at radius 3 is 1.58 bits per heavy atom. The lowest BCUT2D eigenvalue weighted by Gasteiger charge is -2.55. The molecule has 2 bridgehead atoms. The van der Waals surface area contributed by atoms with Gasteiger partial charge in [-0.3, -0.25) is 19.7 Å². The van der Waals surface area contributed by atoms with Gasteiger partial charge in [0.2, 0.25) is 11.8 Å². The molecule has 3 aromatic rings. The van der Waals surface area contributed by atoms with Gasteiger partial charge in [-0.15, -0.1) is 0 Å². The molecule has 33 heavy (non-hydrogen) atoms. The minimum atomic E-state index is -0.880. The SMILES string of the molecule is O=C1[C@@H]2[C@@H](C(=O)N1c1ccc([N+](=O)[O-])cc1Br)C1(Br)c3ccccc3C2(Br)c2ccccc21. The highest BCUT2D eigenvalue weighted by Crippen LogP contribution is 2.71. The van der Waals surface area contributed by atoms with Crippen molar-refractivity contribution in [1.29, 1.82) is 0 Å². The number of nitro benzene ring substituents is 1. The van der Waals surface area contributed by atoms with E-state index in [-0.39, 0.29) is 17.5 Å². The van der Waals surface area contributed by atoms with Crippen molar-refractivity contribution in [2.75, 3.05) is 4.90 Å². The van der Waals surface area contributed by atoms with E-state index in [2.05, 4.69) is 47.8 Å². The van der Waals surface area contributed by atoms with E-state index < -0.39 is 25.4 Å². The van der Waals surface area contributed by atoms with E-state index in [1.165, 1.54) is 23.1 Å². The number of non-ortho nitro benzene ring substituents is 1. The van der Waals surface area contributed by atoms with Gasteiger partial charge in [0.1, 0.15) is 0 Å². The predicted molar refractivity (Wildman–Crippen MR) is 133 cm³/mol. The molecule has 0 spiro atoms. The lowest BCUT2D eigenvalue weighted by molar-refractivity contribution is -0.384. The van der Waals surface area contributed by atoms with Crippen molar-refractivity contribution in [2.24, 2.45) is 11.8 Å². The van der Waals surface area contributed by atoms with Crippen LogP contribution in [0.4, 0.5) is 11.4 Å². The van der Waals surface area contributed by atoms with Crippen LogP contribution in [0.2, 0.25) is 0 Å². The summed E-state index contributed by atoms with van der Waals surface area (Å²) in [7, 11) is 0. The first-order chi connectivity index (χ1) is 15.7. The molecule has 0 aromatic heterocycles. The molecular formula is C24H13Br3N2O4. The van der Waals surface area contributed by atoms with E-state index in [4.69, 9.17) is 0 Å². The second-order valence-electron chi connectivity index (χ2n) is 8.37. The van der Waals surface area contributed by atoms with E-state index >= 15 is 0 Å². The quantitative estimate of drug-likeness (QED) is 0.156. The highest BCUT2D eigenvalue weighted by molar-refractivity contribution is 9.10. The summed E-state index contributed by atoms with van der Waals surface area (Å²) in [6.07, 6.45) is 0. The summed E-state index contributed by atoms with van der Waals surface area (Å²) >= 11 is 11.2. The van der Waals surface area contributed by atoms with Crippen LogP contribution in [0.5, 0.6) is 0 Å². The van der Waals surface area contributed by atoms with Crippen molar-refractivity contribution in [2.45, 2.75) is 8.65 Å². The molecule has 0 saturated carbocycles. The van der Waals surface area contributed by atoms with Crippen LogP contribution in [-0.4, -0.2) is 16.7 Å². The number of hydrogen-bond acceptors (Lipinski definition) is 4. The van der Waals surface area contributed by atoms with Crippen LogP contribution >= 0.6 is 47.8 Å². The van der Waals surface area contributed by atoms with Crippen LogP contribution in [0, 0.1) is 22.0 Å². The third kappa shape index (κ3) is 2.42. The third-order valence-electron chi connectivity index (χ3n) is 6.97. The maximum absolute atomic E-state index is 14.0. The molecule has 0 unspecified atom stereocenters. The standard InChI is InChI=1S/C24H13Br3N2O4/c25-17-11-12(29(32)33)9-10-18(17)28-21(30)19-20(22(28)31)24(27)14-6-2-1-5-13(14)23(19,26)15-7-3-4-8-16(15)24/h1-11,19-20H/t19-,20-,23?,24?/m0/s1. The molecule has 1 heterocycles. The number of hydrogen-bond donors (Lipinski definition) is 0. The average Bonchev–Trinajstić information content (AvgIpc) is 3.08. The van der Waals surface area contributed by atoms with Crippen LogP contribution in [0.1, 0.15) is 22.3 Å². The average molecular weight is 633 g/mol. The Morgan fingerprint density at radius 2 is 1.21 bits per heavy atom. The van der Waals surface area contributed by atoms with Crippen molar-refractivity contribution in [3.8, 4) is 0 Å². The zero-order valence-electron chi connectivity index (χ0n) is 16.7. The summed E-state index contributed by atoms with van der Waals surface area (Å²) < 4.78 is -1.45. The Hall–Kier alpha value is -2.36. The molecular weight excluding hydrogens is 620 g/mol. The van der Waals surface area contributed by atoms with E-state index in [1.54, 1.807) is 0 Å². The molecule has 3 aromatic carbocycles. The number of halogens is 3. The number of carbonyl (C=O) groups is 2. The number of nitro groups is 1. The number of nitrogens with zero attached hydrogens (tertiary/aromatic N) is 2. The van der Waals surface area contributed by atoms with E-state index in [1.807, 2.05) is 48.5 Å². The number of benzene rings is 3. The van der Waals surface area contributed by atoms with E-state index in [9.17, 15) is 19.7 Å². The Balaban J connectivity index is 1.61. The van der Waals surface area contributed by atoms with Crippen molar-refractivity contribution in [1.82, 2.24) is 0 Å². The number of amides is 2. The number of imide groups is 1. The van der Waals surface area contributed by atoms with Crippen LogP contribution < -0.4 is 4.90 Å². The molecule has 1 saturated heterocycles. The van der Waals surface area contributed by atoms with Crippen molar-refractivity contribution in [3.63, 3.8) is 0 Å². The summed E-state index contributed by atoms with van der Waals surface area (Å²) in [4.78, 5) is 39.8. The minimum absolute atomic E-state index is 0.129. The third-order valence-corrected chi connectivity index (χ3v) is 10.3. The van der Waals surface area contributed by atoms with Crippen LogP contribution in [0.3, 0.4) is 0 Å². The first-order valence-corrected chi connectivity index (χ1v) is 12.5. The number of anilines is 1. The maximum atomic E-state index is 14.0. The van der Waals surface area contributed by atoms with Gasteiger partial charge in [-0.1, -0.05) is 80.4 Å². The van der Waals surface area contributed by atoms with E-state index in [0.29, 0.717) is 10.2 Å². The fourth-order valence-electron chi connectivity index (χ4n) is 5.70. The first-order valence-electron chi connectivity index (χ1n) is 10.1. The largest absolute Gasteiger partial charge is 0.274 e. The Bertz CT molecular complexity index is 1300. The summed E-state index contributed by atoms with van der Waals surface area (Å²) in [5.74, 6) is -2.08. The normalized spacial score (nSPS) is 29.0. The zero-order valence-corrected chi connectivity index (χ0v) is 21.4. The van der Waals surface area contributed by atoms with Gasteiger partial charge in [0.05, 0.1) is 31.1 Å². The van der Waals surface area contributed by atoms with Gasteiger partial charge < -0.3 is 0 Å². The smallest absolute Gasteiger partial charge is 0.270 e. The number of rotatable bonds is 2. The van der Waals surface area contributed by atoms with Gasteiger partial charge in [-0.2, -0.15) is 0 Å². The lowest BCUT2D eigenvalue weighted by Crippen LogP contribution is -2.56. The van der Waals surface area contributed by atoms with E-state index in [0.717, 1.165) is 22.3 Å². The molecule has 2 atom stereocenters.